The average Bonchev–Trinajstić information content (AvgIpc) is 3.63. The van der Waals surface area contributed by atoms with Gasteiger partial charge in [0.1, 0.15) is 30.2 Å². The molecule has 20 nitrogen and oxygen atoms in total. The molecule has 0 bridgehead atoms. The fraction of sp³-hybridized carbons (Fsp3) is 0.571. The zero-order chi connectivity index (χ0) is 41.1. The third-order valence-electron chi connectivity index (χ3n) is 8.90. The Labute approximate surface area is 317 Å². The van der Waals surface area contributed by atoms with Crippen LogP contribution in [0.3, 0.4) is 0 Å². The van der Waals surface area contributed by atoms with Gasteiger partial charge >= 0.3 is 17.9 Å². The lowest BCUT2D eigenvalue weighted by molar-refractivity contribution is -0.145. The number of carboxylic acids is 3. The molecule has 1 aromatic carbocycles. The van der Waals surface area contributed by atoms with Crippen LogP contribution in [0.5, 0.6) is 0 Å². The summed E-state index contributed by atoms with van der Waals surface area (Å²) in [6.07, 6.45) is -0.847. The fourth-order valence-electron chi connectivity index (χ4n) is 5.90. The highest BCUT2D eigenvalue weighted by Gasteiger charge is 2.40. The molecule has 0 spiro atoms. The van der Waals surface area contributed by atoms with Gasteiger partial charge in [-0.1, -0.05) is 36.8 Å². The van der Waals surface area contributed by atoms with Gasteiger partial charge in [0.05, 0.1) is 6.04 Å². The Morgan fingerprint density at radius 3 is 1.85 bits per heavy atom. The van der Waals surface area contributed by atoms with Gasteiger partial charge in [0.25, 0.3) is 0 Å². The number of primary amides is 1. The van der Waals surface area contributed by atoms with E-state index in [0.29, 0.717) is 37.8 Å². The molecule has 0 aromatic heterocycles. The van der Waals surface area contributed by atoms with E-state index in [-0.39, 0.29) is 32.2 Å². The number of benzene rings is 1. The zero-order valence-electron chi connectivity index (χ0n) is 30.4. The summed E-state index contributed by atoms with van der Waals surface area (Å²) in [4.78, 5) is 114. The van der Waals surface area contributed by atoms with E-state index in [1.54, 1.807) is 30.3 Å². The van der Waals surface area contributed by atoms with Gasteiger partial charge in [-0.05, 0) is 57.1 Å². The van der Waals surface area contributed by atoms with Crippen molar-refractivity contribution < 1.29 is 58.5 Å². The predicted molar refractivity (Wildman–Crippen MR) is 193 cm³/mol. The molecule has 6 amide bonds. The van der Waals surface area contributed by atoms with Crippen molar-refractivity contribution in [2.45, 2.75) is 113 Å². The number of nitrogens with zero attached hydrogens (tertiary/aromatic N) is 1. The molecule has 20 heteroatoms. The topological polar surface area (TPSA) is 344 Å². The summed E-state index contributed by atoms with van der Waals surface area (Å²) >= 11 is 0. The Balaban J connectivity index is 2.31. The average molecular weight is 777 g/mol. The maximum Gasteiger partial charge on any atom is 0.326 e. The van der Waals surface area contributed by atoms with Crippen LogP contribution in [0, 0.1) is 0 Å². The highest BCUT2D eigenvalue weighted by molar-refractivity contribution is 5.97. The van der Waals surface area contributed by atoms with E-state index in [9.17, 15) is 53.4 Å². The van der Waals surface area contributed by atoms with Crippen LogP contribution in [0.15, 0.2) is 30.3 Å². The normalized spacial score (nSPS) is 16.4. The van der Waals surface area contributed by atoms with Gasteiger partial charge in [-0.25, -0.2) is 4.79 Å². The van der Waals surface area contributed by atoms with Crippen molar-refractivity contribution in [1.29, 1.82) is 0 Å². The van der Waals surface area contributed by atoms with E-state index in [2.05, 4.69) is 21.3 Å². The van der Waals surface area contributed by atoms with Gasteiger partial charge in [-0.15, -0.1) is 0 Å². The summed E-state index contributed by atoms with van der Waals surface area (Å²) in [5, 5.41) is 37.4. The quantitative estimate of drug-likeness (QED) is 0.0467. The number of likely N-dealkylation sites (tertiary alicyclic amines) is 1. The number of rotatable bonds is 25. The van der Waals surface area contributed by atoms with Crippen molar-refractivity contribution >= 4 is 53.4 Å². The lowest BCUT2D eigenvalue weighted by atomic mass is 10.0. The second-order valence-electron chi connectivity index (χ2n) is 13.2. The van der Waals surface area contributed by atoms with E-state index in [0.717, 1.165) is 4.90 Å². The van der Waals surface area contributed by atoms with Crippen LogP contribution in [0.2, 0.25) is 0 Å². The molecule has 13 N–H and O–H groups in total. The standard InChI is InChI=1S/C35H52N8O12/c36-17-5-4-9-21(37)30(49)42-25(19-20-7-2-1-3-8-20)32(51)40-23(11-14-27(38)44)34(53)43-18-6-10-26(43)33(52)39-22(12-15-28(45)46)31(50)41-24(35(54)55)13-16-29(47)48/h1-3,7-8,21-26H,4-6,9-19,36-37H2,(H2,38,44)(H,39,52)(H,40,51)(H,41,50)(H,42,49)(H,45,46)(H,47,48)(H,54,55)/t21-,22-,23-,24-,25-,26-/m0/s1. The largest absolute Gasteiger partial charge is 0.481 e. The Hall–Kier alpha value is -5.63. The zero-order valence-corrected chi connectivity index (χ0v) is 30.4. The SMILES string of the molecule is NCCCC[C@H](N)C(=O)N[C@@H](Cc1ccccc1)C(=O)N[C@@H](CCC(N)=O)C(=O)N1CCC[C@H]1C(=O)N[C@@H](CCC(=O)O)C(=O)N[C@@H](CCC(=O)O)C(=O)O. The number of nitrogens with one attached hydrogen (secondary N) is 4. The Morgan fingerprint density at radius 2 is 1.27 bits per heavy atom. The van der Waals surface area contributed by atoms with Crippen molar-refractivity contribution in [3.05, 3.63) is 35.9 Å². The van der Waals surface area contributed by atoms with E-state index >= 15 is 0 Å². The Bertz CT molecular complexity index is 1530. The molecule has 0 unspecified atom stereocenters. The molecule has 304 valence electrons. The minimum absolute atomic E-state index is 0.0121. The minimum Gasteiger partial charge on any atom is -0.481 e. The molecule has 1 aromatic rings. The van der Waals surface area contributed by atoms with Crippen molar-refractivity contribution in [2.24, 2.45) is 17.2 Å². The number of unbranched alkanes of at least 4 members (excludes halogenated alkanes) is 1. The molecular formula is C35H52N8O12. The summed E-state index contributed by atoms with van der Waals surface area (Å²) in [5.74, 6) is -9.11. The molecule has 6 atom stereocenters. The molecule has 0 saturated carbocycles. The van der Waals surface area contributed by atoms with E-state index < -0.39 is 115 Å². The van der Waals surface area contributed by atoms with Crippen LogP contribution >= 0.6 is 0 Å². The maximum atomic E-state index is 14.0. The molecule has 1 aliphatic heterocycles. The van der Waals surface area contributed by atoms with Gasteiger partial charge < -0.3 is 58.7 Å². The van der Waals surface area contributed by atoms with Crippen LogP contribution in [-0.2, 0) is 49.6 Å². The summed E-state index contributed by atoms with van der Waals surface area (Å²) in [7, 11) is 0. The van der Waals surface area contributed by atoms with Crippen molar-refractivity contribution in [3.8, 4) is 0 Å². The second-order valence-corrected chi connectivity index (χ2v) is 13.2. The maximum absolute atomic E-state index is 14.0. The lowest BCUT2D eigenvalue weighted by Crippen LogP contribution is -2.59. The molecule has 55 heavy (non-hydrogen) atoms. The van der Waals surface area contributed by atoms with Gasteiger partial charge in [-0.3, -0.25) is 38.4 Å². The van der Waals surface area contributed by atoms with Crippen molar-refractivity contribution in [2.75, 3.05) is 13.1 Å². The van der Waals surface area contributed by atoms with Gasteiger partial charge in [-0.2, -0.15) is 0 Å². The molecule has 2 rings (SSSR count). The predicted octanol–water partition coefficient (Wildman–Crippen LogP) is -2.30. The van der Waals surface area contributed by atoms with Crippen molar-refractivity contribution in [3.63, 3.8) is 0 Å². The number of carbonyl (C=O) groups is 9. The van der Waals surface area contributed by atoms with Crippen LogP contribution in [-0.4, -0.2) is 123 Å². The minimum atomic E-state index is -1.66. The third-order valence-corrected chi connectivity index (χ3v) is 8.90. The molecule has 0 aliphatic carbocycles. The number of amides is 6. The molecule has 1 saturated heterocycles. The van der Waals surface area contributed by atoms with Crippen LogP contribution < -0.4 is 38.5 Å². The smallest absolute Gasteiger partial charge is 0.326 e. The second kappa shape index (κ2) is 23.2. The van der Waals surface area contributed by atoms with Gasteiger partial charge in [0.15, 0.2) is 0 Å². The van der Waals surface area contributed by atoms with Crippen LogP contribution in [0.25, 0.3) is 0 Å². The van der Waals surface area contributed by atoms with E-state index in [4.69, 9.17) is 22.3 Å². The monoisotopic (exact) mass is 776 g/mol. The van der Waals surface area contributed by atoms with Gasteiger partial charge in [0.2, 0.25) is 35.4 Å². The molecule has 1 aliphatic rings. The molecule has 0 radical (unpaired) electrons. The van der Waals surface area contributed by atoms with Crippen LogP contribution in [0.1, 0.15) is 76.2 Å². The first kappa shape index (κ1) is 45.5. The van der Waals surface area contributed by atoms with Gasteiger partial charge in [0, 0.05) is 32.2 Å². The highest BCUT2D eigenvalue weighted by atomic mass is 16.4. The summed E-state index contributed by atoms with van der Waals surface area (Å²) in [6.45, 7) is 0.432. The Morgan fingerprint density at radius 1 is 0.709 bits per heavy atom. The number of carboxylic acid groups (broad SMARTS) is 3. The number of hydrogen-bond donors (Lipinski definition) is 10. The van der Waals surface area contributed by atoms with E-state index in [1.165, 1.54) is 0 Å². The lowest BCUT2D eigenvalue weighted by Gasteiger charge is -2.31. The molecule has 1 fully saturated rings. The molecular weight excluding hydrogens is 724 g/mol. The molecule has 1 heterocycles. The first-order chi connectivity index (χ1) is 26.0. The number of nitrogens with two attached hydrogens (primary N) is 3. The summed E-state index contributed by atoms with van der Waals surface area (Å²) in [6, 6.07) is 0.679. The number of aliphatic carboxylic acids is 3. The highest BCUT2D eigenvalue weighted by Crippen LogP contribution is 2.21. The number of carbonyl (C=O) groups excluding carboxylic acids is 6. The van der Waals surface area contributed by atoms with E-state index in [1.807, 2.05) is 0 Å². The first-order valence-corrected chi connectivity index (χ1v) is 18.0. The number of hydrogen-bond acceptors (Lipinski definition) is 11. The summed E-state index contributed by atoms with van der Waals surface area (Å²) < 4.78 is 0. The third kappa shape index (κ3) is 16.1. The van der Waals surface area contributed by atoms with Crippen molar-refractivity contribution in [1.82, 2.24) is 26.2 Å². The fourth-order valence-corrected chi connectivity index (χ4v) is 5.90. The first-order valence-electron chi connectivity index (χ1n) is 18.0. The Kier molecular flexibility index (Phi) is 19.2. The van der Waals surface area contributed by atoms with Crippen LogP contribution in [0.4, 0.5) is 0 Å². The summed E-state index contributed by atoms with van der Waals surface area (Å²) in [5.41, 5.74) is 17.6.